The van der Waals surface area contributed by atoms with Crippen LogP contribution in [0.15, 0.2) is 35.3 Å². The molecule has 1 aromatic rings. The van der Waals surface area contributed by atoms with Gasteiger partial charge >= 0.3 is 0 Å². The Balaban J connectivity index is 2.27. The lowest BCUT2D eigenvalue weighted by Crippen LogP contribution is -1.93. The Labute approximate surface area is 76.9 Å². The van der Waals surface area contributed by atoms with Gasteiger partial charge in [-0.15, -0.1) is 11.8 Å². The van der Waals surface area contributed by atoms with E-state index in [1.165, 1.54) is 10.6 Å². The zero-order chi connectivity index (χ0) is 8.39. The van der Waals surface area contributed by atoms with Crippen molar-refractivity contribution in [2.75, 3.05) is 5.75 Å². The molecule has 1 aliphatic rings. The second-order valence-corrected chi connectivity index (χ2v) is 3.97. The van der Waals surface area contributed by atoms with Gasteiger partial charge in [0.05, 0.1) is 11.1 Å². The first-order valence-corrected chi connectivity index (χ1v) is 5.11. The lowest BCUT2D eigenvalue weighted by molar-refractivity contribution is 0.865. The summed E-state index contributed by atoms with van der Waals surface area (Å²) in [4.78, 5) is 4.54. The Morgan fingerprint density at radius 2 is 2.08 bits per heavy atom. The Morgan fingerprint density at radius 3 is 2.67 bits per heavy atom. The first-order valence-electron chi connectivity index (χ1n) is 4.12. The minimum absolute atomic E-state index is 0.491. The van der Waals surface area contributed by atoms with E-state index in [4.69, 9.17) is 0 Å². The molecule has 12 heavy (non-hydrogen) atoms. The second-order valence-electron chi connectivity index (χ2n) is 2.96. The van der Waals surface area contributed by atoms with E-state index in [0.29, 0.717) is 6.04 Å². The highest BCUT2D eigenvalue weighted by Gasteiger charge is 2.14. The standard InChI is InChI=1S/C10H11NS/c1-8-7-12-10(11-8)9-5-3-2-4-6-9/h2-6,8H,7H2,1H3/t8-/m1/s1. The van der Waals surface area contributed by atoms with Crippen molar-refractivity contribution in [1.82, 2.24) is 0 Å². The van der Waals surface area contributed by atoms with Gasteiger partial charge in [0.2, 0.25) is 0 Å². The van der Waals surface area contributed by atoms with E-state index < -0.39 is 0 Å². The average Bonchev–Trinajstić information content (AvgIpc) is 2.54. The van der Waals surface area contributed by atoms with Crippen LogP contribution in [0.25, 0.3) is 0 Å². The summed E-state index contributed by atoms with van der Waals surface area (Å²) in [5, 5.41) is 1.20. The van der Waals surface area contributed by atoms with Crippen LogP contribution in [0.5, 0.6) is 0 Å². The summed E-state index contributed by atoms with van der Waals surface area (Å²) in [6.07, 6.45) is 0. The molecular formula is C10H11NS. The van der Waals surface area contributed by atoms with Crippen LogP contribution in [-0.4, -0.2) is 16.8 Å². The molecule has 0 fully saturated rings. The average molecular weight is 177 g/mol. The maximum Gasteiger partial charge on any atom is 0.0981 e. The molecule has 0 spiro atoms. The van der Waals surface area contributed by atoms with Crippen molar-refractivity contribution in [3.63, 3.8) is 0 Å². The molecule has 0 aromatic heterocycles. The van der Waals surface area contributed by atoms with Crippen LogP contribution in [0, 0.1) is 0 Å². The van der Waals surface area contributed by atoms with Gasteiger partial charge in [0, 0.05) is 11.3 Å². The zero-order valence-corrected chi connectivity index (χ0v) is 7.84. The first kappa shape index (κ1) is 7.87. The highest BCUT2D eigenvalue weighted by atomic mass is 32.2. The normalized spacial score (nSPS) is 22.4. The summed E-state index contributed by atoms with van der Waals surface area (Å²) < 4.78 is 0. The van der Waals surface area contributed by atoms with E-state index in [0.717, 1.165) is 5.75 Å². The van der Waals surface area contributed by atoms with E-state index in [-0.39, 0.29) is 0 Å². The molecule has 1 heterocycles. The van der Waals surface area contributed by atoms with E-state index in [2.05, 4.69) is 36.2 Å². The SMILES string of the molecule is C[C@@H]1CSC(c2ccccc2)=N1. The Kier molecular flexibility index (Phi) is 2.17. The third kappa shape index (κ3) is 1.53. The lowest BCUT2D eigenvalue weighted by atomic mass is 10.2. The number of hydrogen-bond donors (Lipinski definition) is 0. The van der Waals surface area contributed by atoms with Gasteiger partial charge in [-0.05, 0) is 6.92 Å². The van der Waals surface area contributed by atoms with Crippen LogP contribution in [-0.2, 0) is 0 Å². The number of rotatable bonds is 1. The molecule has 0 unspecified atom stereocenters. The summed E-state index contributed by atoms with van der Waals surface area (Å²) in [5.74, 6) is 1.13. The molecule has 1 nitrogen and oxygen atoms in total. The number of aliphatic imine (C=N–C) groups is 1. The first-order chi connectivity index (χ1) is 5.86. The molecular weight excluding hydrogens is 166 g/mol. The van der Waals surface area contributed by atoms with Crippen molar-refractivity contribution in [2.45, 2.75) is 13.0 Å². The molecule has 1 aliphatic heterocycles. The molecule has 0 saturated heterocycles. The Morgan fingerprint density at radius 1 is 1.33 bits per heavy atom. The van der Waals surface area contributed by atoms with Gasteiger partial charge in [0.1, 0.15) is 0 Å². The second kappa shape index (κ2) is 3.31. The summed E-state index contributed by atoms with van der Waals surface area (Å²) in [5.41, 5.74) is 1.26. The molecule has 2 heteroatoms. The number of thioether (sulfide) groups is 1. The Hall–Kier alpha value is -0.760. The van der Waals surface area contributed by atoms with Crippen LogP contribution in [0.4, 0.5) is 0 Å². The van der Waals surface area contributed by atoms with Crippen LogP contribution >= 0.6 is 11.8 Å². The molecule has 1 aromatic carbocycles. The predicted molar refractivity (Wildman–Crippen MR) is 54.9 cm³/mol. The quantitative estimate of drug-likeness (QED) is 0.642. The van der Waals surface area contributed by atoms with Gasteiger partial charge in [-0.2, -0.15) is 0 Å². The number of benzene rings is 1. The fraction of sp³-hybridized carbons (Fsp3) is 0.300. The van der Waals surface area contributed by atoms with Gasteiger partial charge in [0.25, 0.3) is 0 Å². The van der Waals surface area contributed by atoms with Crippen molar-refractivity contribution in [3.05, 3.63) is 35.9 Å². The third-order valence-electron chi connectivity index (χ3n) is 1.82. The lowest BCUT2D eigenvalue weighted by Gasteiger charge is -1.96. The predicted octanol–water partition coefficient (Wildman–Crippen LogP) is 2.57. The minimum Gasteiger partial charge on any atom is -0.274 e. The molecule has 2 rings (SSSR count). The Bertz CT molecular complexity index is 292. The molecule has 0 radical (unpaired) electrons. The molecule has 0 N–H and O–H groups in total. The smallest absolute Gasteiger partial charge is 0.0981 e. The summed E-state index contributed by atoms with van der Waals surface area (Å²) in [6, 6.07) is 10.9. The summed E-state index contributed by atoms with van der Waals surface area (Å²) in [6.45, 7) is 2.16. The van der Waals surface area contributed by atoms with E-state index in [9.17, 15) is 0 Å². The molecule has 1 atom stereocenters. The maximum atomic E-state index is 4.54. The third-order valence-corrected chi connectivity index (χ3v) is 3.08. The van der Waals surface area contributed by atoms with Gasteiger partial charge in [0.15, 0.2) is 0 Å². The van der Waals surface area contributed by atoms with Crippen LogP contribution in [0.2, 0.25) is 0 Å². The van der Waals surface area contributed by atoms with Crippen molar-refractivity contribution >= 4 is 16.8 Å². The molecule has 0 amide bonds. The largest absolute Gasteiger partial charge is 0.274 e. The molecule has 0 bridgehead atoms. The summed E-state index contributed by atoms with van der Waals surface area (Å²) >= 11 is 1.85. The molecule has 62 valence electrons. The topological polar surface area (TPSA) is 12.4 Å². The van der Waals surface area contributed by atoms with Crippen molar-refractivity contribution in [1.29, 1.82) is 0 Å². The maximum absolute atomic E-state index is 4.54. The monoisotopic (exact) mass is 177 g/mol. The van der Waals surface area contributed by atoms with E-state index in [1.807, 2.05) is 17.8 Å². The fourth-order valence-corrected chi connectivity index (χ4v) is 2.24. The van der Waals surface area contributed by atoms with Gasteiger partial charge in [-0.1, -0.05) is 30.3 Å². The summed E-state index contributed by atoms with van der Waals surface area (Å²) in [7, 11) is 0. The van der Waals surface area contributed by atoms with Crippen molar-refractivity contribution in [3.8, 4) is 0 Å². The van der Waals surface area contributed by atoms with Crippen LogP contribution < -0.4 is 0 Å². The highest BCUT2D eigenvalue weighted by molar-refractivity contribution is 8.14. The highest BCUT2D eigenvalue weighted by Crippen LogP contribution is 2.22. The fourth-order valence-electron chi connectivity index (χ4n) is 1.21. The molecule has 0 aliphatic carbocycles. The molecule has 0 saturated carbocycles. The van der Waals surface area contributed by atoms with Gasteiger partial charge in [-0.3, -0.25) is 4.99 Å². The minimum atomic E-state index is 0.491. The van der Waals surface area contributed by atoms with E-state index >= 15 is 0 Å². The van der Waals surface area contributed by atoms with Crippen molar-refractivity contribution < 1.29 is 0 Å². The van der Waals surface area contributed by atoms with Gasteiger partial charge in [-0.25, -0.2) is 0 Å². The number of hydrogen-bond acceptors (Lipinski definition) is 2. The van der Waals surface area contributed by atoms with Crippen molar-refractivity contribution in [2.24, 2.45) is 4.99 Å². The van der Waals surface area contributed by atoms with Crippen LogP contribution in [0.1, 0.15) is 12.5 Å². The van der Waals surface area contributed by atoms with E-state index in [1.54, 1.807) is 0 Å². The van der Waals surface area contributed by atoms with Gasteiger partial charge < -0.3 is 0 Å². The number of nitrogens with zero attached hydrogens (tertiary/aromatic N) is 1. The zero-order valence-electron chi connectivity index (χ0n) is 7.03. The van der Waals surface area contributed by atoms with Crippen LogP contribution in [0.3, 0.4) is 0 Å².